The Labute approximate surface area is 125 Å². The molecule has 1 aliphatic carbocycles. The molecule has 1 aliphatic rings. The van der Waals surface area contributed by atoms with Gasteiger partial charge in [0.15, 0.2) is 0 Å². The van der Waals surface area contributed by atoms with Gasteiger partial charge in [-0.25, -0.2) is 0 Å². The van der Waals surface area contributed by atoms with Crippen molar-refractivity contribution in [3.8, 4) is 0 Å². The molecule has 0 aliphatic heterocycles. The topological polar surface area (TPSA) is 9.23 Å². The van der Waals surface area contributed by atoms with Crippen molar-refractivity contribution >= 4 is 15.9 Å². The van der Waals surface area contributed by atoms with E-state index in [0.717, 1.165) is 12.5 Å². The highest BCUT2D eigenvalue weighted by atomic mass is 79.9. The van der Waals surface area contributed by atoms with Gasteiger partial charge in [-0.3, -0.25) is 0 Å². The fourth-order valence-electron chi connectivity index (χ4n) is 3.33. The maximum atomic E-state index is 5.64. The number of hydrogen-bond donors (Lipinski definition) is 0. The molecule has 0 radical (unpaired) electrons. The molecule has 0 saturated heterocycles. The van der Waals surface area contributed by atoms with Crippen molar-refractivity contribution in [1.82, 2.24) is 0 Å². The third-order valence-electron chi connectivity index (χ3n) is 4.19. The molecular formula is C17H25BrO. The second-order valence-electron chi connectivity index (χ2n) is 5.93. The van der Waals surface area contributed by atoms with Gasteiger partial charge in [-0.05, 0) is 69.6 Å². The second kappa shape index (κ2) is 6.41. The van der Waals surface area contributed by atoms with Crippen molar-refractivity contribution in [2.24, 2.45) is 5.92 Å². The van der Waals surface area contributed by atoms with Crippen molar-refractivity contribution in [3.05, 3.63) is 34.4 Å². The van der Waals surface area contributed by atoms with Crippen LogP contribution in [0.1, 0.15) is 53.3 Å². The Kier molecular flexibility index (Phi) is 5.08. The molecule has 1 aromatic rings. The van der Waals surface area contributed by atoms with Crippen LogP contribution in [0.3, 0.4) is 0 Å². The van der Waals surface area contributed by atoms with E-state index in [9.17, 15) is 0 Å². The summed E-state index contributed by atoms with van der Waals surface area (Å²) in [6.07, 6.45) is 4.23. The van der Waals surface area contributed by atoms with Crippen LogP contribution < -0.4 is 0 Å². The third-order valence-corrected chi connectivity index (χ3v) is 5.02. The first kappa shape index (κ1) is 15.1. The molecule has 0 aromatic heterocycles. The summed E-state index contributed by atoms with van der Waals surface area (Å²) in [5, 5.41) is 0. The summed E-state index contributed by atoms with van der Waals surface area (Å²) in [4.78, 5) is 0.487. The Morgan fingerprint density at radius 1 is 1.21 bits per heavy atom. The van der Waals surface area contributed by atoms with Crippen LogP contribution in [0.15, 0.2) is 12.1 Å². The minimum absolute atomic E-state index is 0.487. The SMILES string of the molecule is CCOC1CC(CC(Br)c2c(C)cc(C)cc2C)C1. The molecule has 0 N–H and O–H groups in total. The van der Waals surface area contributed by atoms with Crippen LogP contribution in [0.2, 0.25) is 0 Å². The predicted molar refractivity (Wildman–Crippen MR) is 85.1 cm³/mol. The molecule has 1 fully saturated rings. The summed E-state index contributed by atoms with van der Waals surface area (Å²) in [6.45, 7) is 9.57. The van der Waals surface area contributed by atoms with E-state index >= 15 is 0 Å². The average Bonchev–Trinajstić information content (AvgIpc) is 2.24. The lowest BCUT2D eigenvalue weighted by Gasteiger charge is -2.36. The molecule has 1 nitrogen and oxygen atoms in total. The zero-order valence-corrected chi connectivity index (χ0v) is 14.1. The van der Waals surface area contributed by atoms with Crippen LogP contribution in [0, 0.1) is 26.7 Å². The van der Waals surface area contributed by atoms with Crippen LogP contribution in [0.5, 0.6) is 0 Å². The Morgan fingerprint density at radius 3 is 2.32 bits per heavy atom. The molecular weight excluding hydrogens is 300 g/mol. The monoisotopic (exact) mass is 324 g/mol. The van der Waals surface area contributed by atoms with Gasteiger partial charge in [-0.1, -0.05) is 33.6 Å². The quantitative estimate of drug-likeness (QED) is 0.672. The van der Waals surface area contributed by atoms with E-state index in [1.165, 1.54) is 41.5 Å². The average molecular weight is 325 g/mol. The van der Waals surface area contributed by atoms with E-state index in [1.54, 1.807) is 0 Å². The summed E-state index contributed by atoms with van der Waals surface area (Å²) in [6, 6.07) is 4.58. The summed E-state index contributed by atoms with van der Waals surface area (Å²) >= 11 is 3.91. The lowest BCUT2D eigenvalue weighted by Crippen LogP contribution is -2.32. The third kappa shape index (κ3) is 3.61. The van der Waals surface area contributed by atoms with Crippen molar-refractivity contribution < 1.29 is 4.74 Å². The Balaban J connectivity index is 1.96. The summed E-state index contributed by atoms with van der Waals surface area (Å²) < 4.78 is 5.64. The van der Waals surface area contributed by atoms with Gasteiger partial charge >= 0.3 is 0 Å². The van der Waals surface area contributed by atoms with E-state index in [0.29, 0.717) is 10.9 Å². The first-order valence-corrected chi connectivity index (χ1v) is 8.26. The van der Waals surface area contributed by atoms with E-state index in [4.69, 9.17) is 4.74 Å². The highest BCUT2D eigenvalue weighted by Crippen LogP contribution is 2.42. The Bertz CT molecular complexity index is 412. The van der Waals surface area contributed by atoms with Gasteiger partial charge in [0, 0.05) is 11.4 Å². The van der Waals surface area contributed by atoms with E-state index in [1.807, 2.05) is 0 Å². The standard InChI is InChI=1S/C17H25BrO/c1-5-19-15-8-14(9-15)10-16(18)17-12(3)6-11(2)7-13(17)4/h6-7,14-16H,5,8-10H2,1-4H3. The fourth-order valence-corrected chi connectivity index (χ4v) is 4.59. The number of aryl methyl sites for hydroxylation is 3. The second-order valence-corrected chi connectivity index (χ2v) is 7.04. The molecule has 0 spiro atoms. The summed E-state index contributed by atoms with van der Waals surface area (Å²) in [5.74, 6) is 0.820. The van der Waals surface area contributed by atoms with Crippen LogP contribution in [-0.4, -0.2) is 12.7 Å². The number of alkyl halides is 1. The van der Waals surface area contributed by atoms with Gasteiger partial charge in [0.25, 0.3) is 0 Å². The minimum atomic E-state index is 0.487. The predicted octanol–water partition coefficient (Wildman–Crippen LogP) is 5.25. The zero-order chi connectivity index (χ0) is 14.0. The van der Waals surface area contributed by atoms with Gasteiger partial charge in [-0.15, -0.1) is 0 Å². The largest absolute Gasteiger partial charge is 0.378 e. The van der Waals surface area contributed by atoms with Crippen molar-refractivity contribution in [1.29, 1.82) is 0 Å². The number of benzene rings is 1. The molecule has 1 atom stereocenters. The molecule has 1 aromatic carbocycles. The van der Waals surface area contributed by atoms with Crippen molar-refractivity contribution in [2.45, 2.75) is 57.9 Å². The molecule has 1 saturated carbocycles. The lowest BCUT2D eigenvalue weighted by atomic mass is 9.78. The lowest BCUT2D eigenvalue weighted by molar-refractivity contribution is -0.0264. The van der Waals surface area contributed by atoms with Crippen LogP contribution in [-0.2, 0) is 4.74 Å². The van der Waals surface area contributed by atoms with Gasteiger partial charge in [0.1, 0.15) is 0 Å². The van der Waals surface area contributed by atoms with Gasteiger partial charge in [-0.2, -0.15) is 0 Å². The maximum Gasteiger partial charge on any atom is 0.0580 e. The Hall–Kier alpha value is -0.340. The first-order valence-electron chi connectivity index (χ1n) is 7.34. The van der Waals surface area contributed by atoms with Gasteiger partial charge in [0.05, 0.1) is 6.10 Å². The highest BCUT2D eigenvalue weighted by molar-refractivity contribution is 9.09. The normalized spacial score (nSPS) is 24.1. The smallest absolute Gasteiger partial charge is 0.0580 e. The number of hydrogen-bond acceptors (Lipinski definition) is 1. The minimum Gasteiger partial charge on any atom is -0.378 e. The number of ether oxygens (including phenoxy) is 1. The molecule has 0 amide bonds. The molecule has 1 unspecified atom stereocenters. The maximum absolute atomic E-state index is 5.64. The molecule has 2 rings (SSSR count). The van der Waals surface area contributed by atoms with E-state index in [2.05, 4.69) is 55.8 Å². The van der Waals surface area contributed by atoms with Crippen LogP contribution in [0.25, 0.3) is 0 Å². The van der Waals surface area contributed by atoms with Crippen molar-refractivity contribution in [2.75, 3.05) is 6.61 Å². The fraction of sp³-hybridized carbons (Fsp3) is 0.647. The molecule has 0 bridgehead atoms. The van der Waals surface area contributed by atoms with Crippen LogP contribution >= 0.6 is 15.9 Å². The Morgan fingerprint density at radius 2 is 1.79 bits per heavy atom. The van der Waals surface area contributed by atoms with Gasteiger partial charge < -0.3 is 4.74 Å². The van der Waals surface area contributed by atoms with E-state index in [-0.39, 0.29) is 0 Å². The summed E-state index contributed by atoms with van der Waals surface area (Å²) in [5.41, 5.74) is 5.68. The zero-order valence-electron chi connectivity index (χ0n) is 12.5. The highest BCUT2D eigenvalue weighted by Gasteiger charge is 2.31. The van der Waals surface area contributed by atoms with Gasteiger partial charge in [0.2, 0.25) is 0 Å². The molecule has 19 heavy (non-hydrogen) atoms. The number of rotatable bonds is 5. The summed E-state index contributed by atoms with van der Waals surface area (Å²) in [7, 11) is 0. The van der Waals surface area contributed by atoms with E-state index < -0.39 is 0 Å². The molecule has 106 valence electrons. The molecule has 2 heteroatoms. The molecule has 0 heterocycles. The first-order chi connectivity index (χ1) is 9.01. The van der Waals surface area contributed by atoms with Crippen molar-refractivity contribution in [3.63, 3.8) is 0 Å². The number of halogens is 1. The van der Waals surface area contributed by atoms with Crippen LogP contribution in [0.4, 0.5) is 0 Å².